The van der Waals surface area contributed by atoms with Gasteiger partial charge in [-0.05, 0) is 41.4 Å². The number of hydrogen-bond acceptors (Lipinski definition) is 3. The minimum absolute atomic E-state index is 0.0940. The molecule has 0 aliphatic heterocycles. The molecule has 1 aromatic heterocycles. The summed E-state index contributed by atoms with van der Waals surface area (Å²) >= 11 is 3.27. The van der Waals surface area contributed by atoms with Crippen molar-refractivity contribution in [1.82, 2.24) is 9.88 Å². The van der Waals surface area contributed by atoms with Gasteiger partial charge in [0.2, 0.25) is 0 Å². The predicted molar refractivity (Wildman–Crippen MR) is 65.2 cm³/mol. The van der Waals surface area contributed by atoms with Crippen molar-refractivity contribution in [3.63, 3.8) is 0 Å². The van der Waals surface area contributed by atoms with E-state index in [0.29, 0.717) is 25.2 Å². The van der Waals surface area contributed by atoms with Crippen LogP contribution in [0.3, 0.4) is 0 Å². The van der Waals surface area contributed by atoms with Crippen LogP contribution in [0.15, 0.2) is 22.8 Å². The van der Waals surface area contributed by atoms with Crippen LogP contribution in [0.1, 0.15) is 23.8 Å². The number of rotatable bonds is 5. The van der Waals surface area contributed by atoms with Gasteiger partial charge in [0, 0.05) is 30.4 Å². The Morgan fingerprint density at radius 3 is 2.81 bits per heavy atom. The van der Waals surface area contributed by atoms with E-state index in [-0.39, 0.29) is 12.5 Å². The predicted octanol–water partition coefficient (Wildman–Crippen LogP) is 1.69. The third-order valence-corrected chi connectivity index (χ3v) is 2.67. The first-order valence-corrected chi connectivity index (χ1v) is 6.00. The van der Waals surface area contributed by atoms with Gasteiger partial charge in [0.05, 0.1) is 0 Å². The smallest absolute Gasteiger partial charge is 0.272 e. The van der Waals surface area contributed by atoms with Crippen molar-refractivity contribution in [2.45, 2.75) is 13.3 Å². The number of nitrogens with zero attached hydrogens (tertiary/aromatic N) is 2. The van der Waals surface area contributed by atoms with Gasteiger partial charge in [-0.25, -0.2) is 4.98 Å². The minimum Gasteiger partial charge on any atom is -0.396 e. The molecule has 4 nitrogen and oxygen atoms in total. The standard InChI is InChI=1S/C11H15BrN2O2/c1-2-14(6-3-7-15)11(16)10-5-4-9(12)8-13-10/h4-5,8,15H,2-3,6-7H2,1H3. The summed E-state index contributed by atoms with van der Waals surface area (Å²) in [5.74, 6) is -0.0940. The lowest BCUT2D eigenvalue weighted by atomic mass is 10.3. The highest BCUT2D eigenvalue weighted by Crippen LogP contribution is 2.09. The molecule has 1 rings (SSSR count). The number of aliphatic hydroxyl groups excluding tert-OH is 1. The van der Waals surface area contributed by atoms with Gasteiger partial charge in [0.1, 0.15) is 5.69 Å². The summed E-state index contributed by atoms with van der Waals surface area (Å²) < 4.78 is 0.849. The topological polar surface area (TPSA) is 53.4 Å². The Labute approximate surface area is 103 Å². The molecular weight excluding hydrogens is 272 g/mol. The zero-order chi connectivity index (χ0) is 12.0. The van der Waals surface area contributed by atoms with Crippen molar-refractivity contribution in [3.8, 4) is 0 Å². The quantitative estimate of drug-likeness (QED) is 0.896. The van der Waals surface area contributed by atoms with Crippen LogP contribution in [0.5, 0.6) is 0 Å². The summed E-state index contributed by atoms with van der Waals surface area (Å²) in [5, 5.41) is 8.74. The van der Waals surface area contributed by atoms with Crippen LogP contribution in [0.4, 0.5) is 0 Å². The summed E-state index contributed by atoms with van der Waals surface area (Å²) in [7, 11) is 0. The van der Waals surface area contributed by atoms with E-state index in [2.05, 4.69) is 20.9 Å². The van der Waals surface area contributed by atoms with Crippen LogP contribution < -0.4 is 0 Å². The molecule has 0 fully saturated rings. The lowest BCUT2D eigenvalue weighted by Gasteiger charge is -2.19. The van der Waals surface area contributed by atoms with E-state index in [0.717, 1.165) is 4.47 Å². The average molecular weight is 287 g/mol. The van der Waals surface area contributed by atoms with Crippen molar-refractivity contribution in [2.24, 2.45) is 0 Å². The van der Waals surface area contributed by atoms with Crippen LogP contribution in [-0.4, -0.2) is 40.6 Å². The Morgan fingerprint density at radius 1 is 1.56 bits per heavy atom. The van der Waals surface area contributed by atoms with Crippen LogP contribution >= 0.6 is 15.9 Å². The molecule has 0 aliphatic rings. The van der Waals surface area contributed by atoms with E-state index in [1.807, 2.05) is 6.92 Å². The van der Waals surface area contributed by atoms with Crippen LogP contribution in [0, 0.1) is 0 Å². The van der Waals surface area contributed by atoms with E-state index in [1.165, 1.54) is 0 Å². The largest absolute Gasteiger partial charge is 0.396 e. The maximum atomic E-state index is 12.0. The van der Waals surface area contributed by atoms with Crippen LogP contribution in [0.2, 0.25) is 0 Å². The molecule has 16 heavy (non-hydrogen) atoms. The van der Waals surface area contributed by atoms with E-state index < -0.39 is 0 Å². The normalized spacial score (nSPS) is 10.2. The monoisotopic (exact) mass is 286 g/mol. The molecule has 0 radical (unpaired) electrons. The van der Waals surface area contributed by atoms with Gasteiger partial charge in [-0.1, -0.05) is 0 Å². The zero-order valence-electron chi connectivity index (χ0n) is 9.19. The van der Waals surface area contributed by atoms with Crippen LogP contribution in [-0.2, 0) is 0 Å². The van der Waals surface area contributed by atoms with Gasteiger partial charge in [0.25, 0.3) is 5.91 Å². The highest BCUT2D eigenvalue weighted by atomic mass is 79.9. The molecule has 1 heterocycles. The Morgan fingerprint density at radius 2 is 2.31 bits per heavy atom. The van der Waals surface area contributed by atoms with Crippen molar-refractivity contribution in [2.75, 3.05) is 19.7 Å². The molecule has 1 amide bonds. The number of pyridine rings is 1. The second-order valence-electron chi connectivity index (χ2n) is 3.32. The van der Waals surface area contributed by atoms with Crippen molar-refractivity contribution >= 4 is 21.8 Å². The first-order chi connectivity index (χ1) is 7.69. The Hall–Kier alpha value is -0.940. The van der Waals surface area contributed by atoms with Gasteiger partial charge in [0.15, 0.2) is 0 Å². The number of aliphatic hydroxyl groups is 1. The van der Waals surface area contributed by atoms with E-state index in [1.54, 1.807) is 23.2 Å². The Bertz CT molecular complexity index is 340. The number of aromatic nitrogens is 1. The third-order valence-electron chi connectivity index (χ3n) is 2.20. The molecule has 0 unspecified atom stereocenters. The molecule has 0 bridgehead atoms. The Balaban J connectivity index is 2.70. The van der Waals surface area contributed by atoms with Gasteiger partial charge in [-0.2, -0.15) is 0 Å². The molecule has 0 saturated heterocycles. The second-order valence-corrected chi connectivity index (χ2v) is 4.24. The number of carbonyl (C=O) groups excluding carboxylic acids is 1. The molecule has 0 atom stereocenters. The van der Waals surface area contributed by atoms with Gasteiger partial charge in [-0.3, -0.25) is 4.79 Å². The molecule has 1 aromatic rings. The number of halogens is 1. The fourth-order valence-corrected chi connectivity index (χ4v) is 1.56. The summed E-state index contributed by atoms with van der Waals surface area (Å²) in [5.41, 5.74) is 0.433. The van der Waals surface area contributed by atoms with E-state index in [4.69, 9.17) is 5.11 Å². The maximum absolute atomic E-state index is 12.0. The number of amides is 1. The summed E-state index contributed by atoms with van der Waals surface area (Å²) in [4.78, 5) is 17.7. The van der Waals surface area contributed by atoms with Gasteiger partial charge in [-0.15, -0.1) is 0 Å². The van der Waals surface area contributed by atoms with Gasteiger partial charge >= 0.3 is 0 Å². The summed E-state index contributed by atoms with van der Waals surface area (Å²) in [6.45, 7) is 3.19. The average Bonchev–Trinajstić information content (AvgIpc) is 2.30. The first-order valence-electron chi connectivity index (χ1n) is 5.20. The van der Waals surface area contributed by atoms with E-state index in [9.17, 15) is 4.79 Å². The minimum atomic E-state index is -0.0940. The fraction of sp³-hybridized carbons (Fsp3) is 0.455. The van der Waals surface area contributed by atoms with E-state index >= 15 is 0 Å². The molecular formula is C11H15BrN2O2. The first kappa shape index (κ1) is 13.1. The third kappa shape index (κ3) is 3.57. The second kappa shape index (κ2) is 6.60. The maximum Gasteiger partial charge on any atom is 0.272 e. The molecule has 1 N–H and O–H groups in total. The number of carbonyl (C=O) groups is 1. The highest BCUT2D eigenvalue weighted by molar-refractivity contribution is 9.10. The van der Waals surface area contributed by atoms with Gasteiger partial charge < -0.3 is 10.0 Å². The van der Waals surface area contributed by atoms with Crippen molar-refractivity contribution in [3.05, 3.63) is 28.5 Å². The molecule has 0 spiro atoms. The lowest BCUT2D eigenvalue weighted by molar-refractivity contribution is 0.0748. The molecule has 88 valence electrons. The molecule has 0 saturated carbocycles. The summed E-state index contributed by atoms with van der Waals surface area (Å²) in [6, 6.07) is 3.48. The fourth-order valence-electron chi connectivity index (χ4n) is 1.33. The van der Waals surface area contributed by atoms with Crippen LogP contribution in [0.25, 0.3) is 0 Å². The zero-order valence-corrected chi connectivity index (χ0v) is 10.8. The highest BCUT2D eigenvalue weighted by Gasteiger charge is 2.14. The van der Waals surface area contributed by atoms with Crippen molar-refractivity contribution < 1.29 is 9.90 Å². The summed E-state index contributed by atoms with van der Waals surface area (Å²) in [6.07, 6.45) is 2.20. The van der Waals surface area contributed by atoms with Crippen molar-refractivity contribution in [1.29, 1.82) is 0 Å². The molecule has 5 heteroatoms. The molecule has 0 aliphatic carbocycles. The Kier molecular flexibility index (Phi) is 5.42. The lowest BCUT2D eigenvalue weighted by Crippen LogP contribution is -2.32. The SMILES string of the molecule is CCN(CCCO)C(=O)c1ccc(Br)cn1. The molecule has 0 aromatic carbocycles. The number of hydrogen-bond donors (Lipinski definition) is 1.